The van der Waals surface area contributed by atoms with Gasteiger partial charge in [0.1, 0.15) is 11.6 Å². The van der Waals surface area contributed by atoms with Crippen molar-refractivity contribution in [3.8, 4) is 5.75 Å². The average Bonchev–Trinajstić information content (AvgIpc) is 2.50. The van der Waals surface area contributed by atoms with Gasteiger partial charge in [0.25, 0.3) is 0 Å². The molecule has 0 spiro atoms. The molecule has 124 valence electrons. The van der Waals surface area contributed by atoms with E-state index >= 15 is 0 Å². The zero-order chi connectivity index (χ0) is 16.9. The molecule has 0 aliphatic heterocycles. The smallest absolute Gasteiger partial charge is 0.216 e. The van der Waals surface area contributed by atoms with E-state index in [1.54, 1.807) is 6.92 Å². The van der Waals surface area contributed by atoms with Gasteiger partial charge >= 0.3 is 0 Å². The SMILES string of the molecule is CCOc1ccc([C@H](C)NS(=O)(=O)Cc2ccc(F)cc2)cc1. The van der Waals surface area contributed by atoms with Gasteiger partial charge in [-0.3, -0.25) is 0 Å². The minimum Gasteiger partial charge on any atom is -0.494 e. The van der Waals surface area contributed by atoms with Gasteiger partial charge in [-0.15, -0.1) is 0 Å². The van der Waals surface area contributed by atoms with E-state index in [0.29, 0.717) is 12.2 Å². The van der Waals surface area contributed by atoms with Crippen LogP contribution in [0.3, 0.4) is 0 Å². The predicted octanol–water partition coefficient (Wildman–Crippen LogP) is 3.41. The number of benzene rings is 2. The summed E-state index contributed by atoms with van der Waals surface area (Å²) in [4.78, 5) is 0. The van der Waals surface area contributed by atoms with Gasteiger partial charge in [-0.2, -0.15) is 0 Å². The van der Waals surface area contributed by atoms with E-state index in [9.17, 15) is 12.8 Å². The van der Waals surface area contributed by atoms with E-state index in [0.717, 1.165) is 11.3 Å². The molecular weight excluding hydrogens is 317 g/mol. The first kappa shape index (κ1) is 17.4. The Morgan fingerprint density at radius 3 is 2.26 bits per heavy atom. The number of halogens is 1. The van der Waals surface area contributed by atoms with E-state index in [1.165, 1.54) is 24.3 Å². The molecule has 2 aromatic rings. The lowest BCUT2D eigenvalue weighted by Crippen LogP contribution is -2.28. The topological polar surface area (TPSA) is 55.4 Å². The fourth-order valence-corrected chi connectivity index (χ4v) is 3.59. The summed E-state index contributed by atoms with van der Waals surface area (Å²) < 4.78 is 45.3. The molecule has 0 heterocycles. The quantitative estimate of drug-likeness (QED) is 0.842. The molecule has 0 fully saturated rings. The van der Waals surface area contributed by atoms with Gasteiger partial charge in [-0.05, 0) is 49.2 Å². The minimum absolute atomic E-state index is 0.186. The molecular formula is C17H20FNO3S. The second-order valence-electron chi connectivity index (χ2n) is 5.23. The number of sulfonamides is 1. The molecule has 0 radical (unpaired) electrons. The van der Waals surface area contributed by atoms with Crippen molar-refractivity contribution in [2.45, 2.75) is 25.6 Å². The Labute approximate surface area is 136 Å². The summed E-state index contributed by atoms with van der Waals surface area (Å²) in [5.74, 6) is 0.175. The van der Waals surface area contributed by atoms with Crippen LogP contribution in [-0.4, -0.2) is 15.0 Å². The van der Waals surface area contributed by atoms with Crippen molar-refractivity contribution >= 4 is 10.0 Å². The van der Waals surface area contributed by atoms with Crippen LogP contribution in [0.15, 0.2) is 48.5 Å². The molecule has 0 bridgehead atoms. The molecule has 6 heteroatoms. The largest absolute Gasteiger partial charge is 0.494 e. The van der Waals surface area contributed by atoms with Gasteiger partial charge in [0, 0.05) is 6.04 Å². The summed E-state index contributed by atoms with van der Waals surface area (Å²) in [6.07, 6.45) is 0. The molecule has 1 atom stereocenters. The molecule has 0 aliphatic rings. The standard InChI is InChI=1S/C17H20FNO3S/c1-3-22-17-10-6-15(7-11-17)13(2)19-23(20,21)12-14-4-8-16(18)9-5-14/h4-11,13,19H,3,12H2,1-2H3/t13-/m0/s1. The number of ether oxygens (including phenoxy) is 1. The van der Waals surface area contributed by atoms with Crippen molar-refractivity contribution in [1.82, 2.24) is 4.72 Å². The lowest BCUT2D eigenvalue weighted by molar-refractivity contribution is 0.340. The monoisotopic (exact) mass is 337 g/mol. The van der Waals surface area contributed by atoms with Crippen molar-refractivity contribution in [2.24, 2.45) is 0 Å². The summed E-state index contributed by atoms with van der Waals surface area (Å²) in [7, 11) is -3.52. The van der Waals surface area contributed by atoms with Crippen molar-refractivity contribution in [3.05, 3.63) is 65.5 Å². The first-order valence-electron chi connectivity index (χ1n) is 7.37. The molecule has 2 rings (SSSR count). The zero-order valence-electron chi connectivity index (χ0n) is 13.1. The average molecular weight is 337 g/mol. The Morgan fingerprint density at radius 2 is 1.70 bits per heavy atom. The van der Waals surface area contributed by atoms with Crippen LogP contribution in [0.5, 0.6) is 5.75 Å². The van der Waals surface area contributed by atoms with Gasteiger partial charge in [0.05, 0.1) is 12.4 Å². The minimum atomic E-state index is -3.52. The molecule has 2 aromatic carbocycles. The van der Waals surface area contributed by atoms with Crippen LogP contribution < -0.4 is 9.46 Å². The third-order valence-electron chi connectivity index (χ3n) is 3.32. The van der Waals surface area contributed by atoms with Gasteiger partial charge in [0.2, 0.25) is 10.0 Å². The van der Waals surface area contributed by atoms with E-state index in [4.69, 9.17) is 4.74 Å². The number of hydrogen-bond donors (Lipinski definition) is 1. The van der Waals surface area contributed by atoms with E-state index in [2.05, 4.69) is 4.72 Å². The maximum atomic E-state index is 12.9. The lowest BCUT2D eigenvalue weighted by Gasteiger charge is -2.15. The van der Waals surface area contributed by atoms with Crippen molar-refractivity contribution in [1.29, 1.82) is 0 Å². The molecule has 0 amide bonds. The van der Waals surface area contributed by atoms with E-state index < -0.39 is 10.0 Å². The normalized spacial score (nSPS) is 12.8. The Bertz CT molecular complexity index is 727. The van der Waals surface area contributed by atoms with Crippen molar-refractivity contribution < 1.29 is 17.5 Å². The summed E-state index contributed by atoms with van der Waals surface area (Å²) >= 11 is 0. The second-order valence-corrected chi connectivity index (χ2v) is 6.98. The van der Waals surface area contributed by atoms with Crippen molar-refractivity contribution in [3.63, 3.8) is 0 Å². The molecule has 0 aliphatic carbocycles. The summed E-state index contributed by atoms with van der Waals surface area (Å²) in [6, 6.07) is 12.4. The highest BCUT2D eigenvalue weighted by molar-refractivity contribution is 7.88. The Hall–Kier alpha value is -1.92. The molecule has 1 N–H and O–H groups in total. The maximum absolute atomic E-state index is 12.9. The first-order chi connectivity index (χ1) is 10.9. The molecule has 0 aromatic heterocycles. The number of hydrogen-bond acceptors (Lipinski definition) is 3. The van der Waals surface area contributed by atoms with Crippen LogP contribution in [0, 0.1) is 5.82 Å². The number of rotatable bonds is 7. The zero-order valence-corrected chi connectivity index (χ0v) is 13.9. The fraction of sp³-hybridized carbons (Fsp3) is 0.294. The Morgan fingerprint density at radius 1 is 1.09 bits per heavy atom. The Kier molecular flexibility index (Phi) is 5.74. The molecule has 0 saturated heterocycles. The predicted molar refractivity (Wildman–Crippen MR) is 88.2 cm³/mol. The molecule has 0 unspecified atom stereocenters. The third kappa shape index (κ3) is 5.33. The third-order valence-corrected chi connectivity index (χ3v) is 4.74. The van der Waals surface area contributed by atoms with Gasteiger partial charge in [0.15, 0.2) is 0 Å². The van der Waals surface area contributed by atoms with Crippen LogP contribution in [0.4, 0.5) is 4.39 Å². The lowest BCUT2D eigenvalue weighted by atomic mass is 10.1. The van der Waals surface area contributed by atoms with E-state index in [1.807, 2.05) is 31.2 Å². The number of nitrogens with one attached hydrogen (secondary N) is 1. The van der Waals surface area contributed by atoms with Gasteiger partial charge < -0.3 is 4.74 Å². The molecule has 23 heavy (non-hydrogen) atoms. The van der Waals surface area contributed by atoms with Crippen LogP contribution in [0.2, 0.25) is 0 Å². The van der Waals surface area contributed by atoms with Crippen molar-refractivity contribution in [2.75, 3.05) is 6.61 Å². The summed E-state index contributed by atoms with van der Waals surface area (Å²) in [5, 5.41) is 0. The van der Waals surface area contributed by atoms with E-state index in [-0.39, 0.29) is 17.6 Å². The highest BCUT2D eigenvalue weighted by Crippen LogP contribution is 2.19. The first-order valence-corrected chi connectivity index (χ1v) is 9.02. The molecule has 4 nitrogen and oxygen atoms in total. The second kappa shape index (κ2) is 7.57. The highest BCUT2D eigenvalue weighted by Gasteiger charge is 2.16. The van der Waals surface area contributed by atoms with Gasteiger partial charge in [-0.1, -0.05) is 24.3 Å². The van der Waals surface area contributed by atoms with Crippen LogP contribution in [0.1, 0.15) is 31.0 Å². The maximum Gasteiger partial charge on any atom is 0.216 e. The summed E-state index contributed by atoms with van der Waals surface area (Å²) in [6.45, 7) is 4.26. The van der Waals surface area contributed by atoms with Crippen LogP contribution in [-0.2, 0) is 15.8 Å². The van der Waals surface area contributed by atoms with Crippen LogP contribution in [0.25, 0.3) is 0 Å². The molecule has 0 saturated carbocycles. The fourth-order valence-electron chi connectivity index (χ4n) is 2.20. The summed E-state index contributed by atoms with van der Waals surface area (Å²) in [5.41, 5.74) is 1.38. The Balaban J connectivity index is 2.02. The highest BCUT2D eigenvalue weighted by atomic mass is 32.2. The van der Waals surface area contributed by atoms with Crippen LogP contribution >= 0.6 is 0 Å². The van der Waals surface area contributed by atoms with Gasteiger partial charge in [-0.25, -0.2) is 17.5 Å².